The molecule has 0 radical (unpaired) electrons. The Morgan fingerprint density at radius 1 is 1.00 bits per heavy atom. The lowest BCUT2D eigenvalue weighted by Gasteiger charge is -2.26. The van der Waals surface area contributed by atoms with Crippen molar-refractivity contribution in [3.63, 3.8) is 0 Å². The minimum absolute atomic E-state index is 0.297. The van der Waals surface area contributed by atoms with Crippen LogP contribution in [0.25, 0.3) is 0 Å². The molecule has 1 aliphatic rings. The van der Waals surface area contributed by atoms with E-state index in [0.717, 1.165) is 11.1 Å². The summed E-state index contributed by atoms with van der Waals surface area (Å²) in [5.74, 6) is -1.18. The fourth-order valence-corrected chi connectivity index (χ4v) is 4.22. The van der Waals surface area contributed by atoms with Crippen molar-refractivity contribution < 1.29 is 14.4 Å². The molecule has 8 heteroatoms. The molecule has 2 unspecified atom stereocenters. The van der Waals surface area contributed by atoms with E-state index in [1.54, 1.807) is 31.3 Å². The number of para-hydroxylation sites is 1. The van der Waals surface area contributed by atoms with Gasteiger partial charge in [0, 0.05) is 23.7 Å². The first-order valence-corrected chi connectivity index (χ1v) is 11.6. The van der Waals surface area contributed by atoms with Crippen LogP contribution in [0.2, 0.25) is 0 Å². The van der Waals surface area contributed by atoms with Gasteiger partial charge in [-0.1, -0.05) is 60.7 Å². The predicted octanol–water partition coefficient (Wildman–Crippen LogP) is 2.21. The summed E-state index contributed by atoms with van der Waals surface area (Å²) in [4.78, 5) is 46.5. The molecule has 0 spiro atoms. The van der Waals surface area contributed by atoms with E-state index >= 15 is 0 Å². The van der Waals surface area contributed by atoms with Crippen molar-refractivity contribution in [1.29, 1.82) is 0 Å². The van der Waals surface area contributed by atoms with Gasteiger partial charge < -0.3 is 16.0 Å². The van der Waals surface area contributed by atoms with Gasteiger partial charge in [0.2, 0.25) is 18.0 Å². The highest BCUT2D eigenvalue weighted by atomic mass is 16.2. The van der Waals surface area contributed by atoms with Crippen LogP contribution in [0.4, 0.5) is 5.69 Å². The molecule has 4 rings (SSSR count). The van der Waals surface area contributed by atoms with Gasteiger partial charge in [-0.3, -0.25) is 19.3 Å². The molecule has 3 N–H and O–H groups in total. The Morgan fingerprint density at radius 2 is 1.64 bits per heavy atom. The first kappa shape index (κ1) is 24.8. The summed E-state index contributed by atoms with van der Waals surface area (Å²) in [5, 5.41) is 2.87. The van der Waals surface area contributed by atoms with Gasteiger partial charge in [0.1, 0.15) is 0 Å². The second-order valence-corrected chi connectivity index (χ2v) is 8.91. The number of fused-ring (bicyclic) bond motifs is 1. The molecule has 0 saturated heterocycles. The number of primary amides is 1. The van der Waals surface area contributed by atoms with Gasteiger partial charge in [-0.25, -0.2) is 4.99 Å². The standard InChI is InChI=1S/C28H29N5O3/c1-32(2)23(17-18-9-5-4-6-10-18)27(35)31-26-28(36)33(3)22-12-8-7-11-21(22)24(30-26)19-13-15-20(16-14-19)25(29)34/h4-16,23,26H,17H2,1-3H3,(H2,29,34)(H,31,35). The summed E-state index contributed by atoms with van der Waals surface area (Å²) >= 11 is 0. The zero-order valence-corrected chi connectivity index (χ0v) is 20.5. The normalized spacial score (nSPS) is 16.1. The summed E-state index contributed by atoms with van der Waals surface area (Å²) in [7, 11) is 5.33. The largest absolute Gasteiger partial charge is 0.366 e. The molecule has 8 nitrogen and oxygen atoms in total. The third kappa shape index (κ3) is 5.18. The summed E-state index contributed by atoms with van der Waals surface area (Å²) in [6.45, 7) is 0. The highest BCUT2D eigenvalue weighted by molar-refractivity contribution is 6.20. The number of likely N-dealkylation sites (N-methyl/N-ethyl adjacent to an activating group) is 2. The lowest BCUT2D eigenvalue weighted by molar-refractivity contribution is -0.130. The third-order valence-electron chi connectivity index (χ3n) is 6.26. The Morgan fingerprint density at radius 3 is 2.28 bits per heavy atom. The summed E-state index contributed by atoms with van der Waals surface area (Å²) < 4.78 is 0. The smallest absolute Gasteiger partial charge is 0.272 e. The minimum Gasteiger partial charge on any atom is -0.366 e. The molecular weight excluding hydrogens is 454 g/mol. The second-order valence-electron chi connectivity index (χ2n) is 8.91. The van der Waals surface area contributed by atoms with Crippen molar-refractivity contribution in [3.8, 4) is 0 Å². The maximum absolute atomic E-state index is 13.4. The summed E-state index contributed by atoms with van der Waals surface area (Å²) in [6, 6.07) is 23.4. The zero-order valence-electron chi connectivity index (χ0n) is 20.5. The molecule has 2 atom stereocenters. The number of benzene rings is 3. The number of anilines is 1. The molecule has 36 heavy (non-hydrogen) atoms. The van der Waals surface area contributed by atoms with Crippen LogP contribution in [0, 0.1) is 0 Å². The summed E-state index contributed by atoms with van der Waals surface area (Å²) in [5.41, 5.74) is 9.42. The number of aliphatic imine (C=N–C) groups is 1. The molecule has 3 aromatic rings. The monoisotopic (exact) mass is 483 g/mol. The van der Waals surface area contributed by atoms with E-state index < -0.39 is 18.1 Å². The fraction of sp³-hybridized carbons (Fsp3) is 0.214. The van der Waals surface area contributed by atoms with E-state index in [4.69, 9.17) is 10.7 Å². The zero-order chi connectivity index (χ0) is 25.8. The lowest BCUT2D eigenvalue weighted by Crippen LogP contribution is -2.52. The number of nitrogens with two attached hydrogens (primary N) is 1. The maximum atomic E-state index is 13.4. The molecule has 0 aromatic heterocycles. The number of carbonyl (C=O) groups excluding carboxylic acids is 3. The molecule has 184 valence electrons. The van der Waals surface area contributed by atoms with Crippen LogP contribution < -0.4 is 16.0 Å². The molecule has 0 aliphatic carbocycles. The molecule has 0 bridgehead atoms. The van der Waals surface area contributed by atoms with Crippen molar-refractivity contribution in [2.75, 3.05) is 26.0 Å². The quantitative estimate of drug-likeness (QED) is 0.537. The Balaban J connectivity index is 1.71. The Hall–Kier alpha value is -4.30. The molecule has 1 heterocycles. The molecule has 1 aliphatic heterocycles. The molecule has 0 saturated carbocycles. The number of amides is 3. The van der Waals surface area contributed by atoms with Gasteiger partial charge >= 0.3 is 0 Å². The van der Waals surface area contributed by atoms with Gasteiger partial charge in [-0.05, 0) is 44.3 Å². The first-order valence-electron chi connectivity index (χ1n) is 11.6. The van der Waals surface area contributed by atoms with Gasteiger partial charge in [-0.2, -0.15) is 0 Å². The minimum atomic E-state index is -1.13. The van der Waals surface area contributed by atoms with Gasteiger partial charge in [0.15, 0.2) is 0 Å². The number of nitrogens with zero attached hydrogens (tertiary/aromatic N) is 3. The Bertz CT molecular complexity index is 1300. The van der Waals surface area contributed by atoms with Crippen LogP contribution in [-0.2, 0) is 16.0 Å². The van der Waals surface area contributed by atoms with Crippen molar-refractivity contribution in [2.24, 2.45) is 10.7 Å². The van der Waals surface area contributed by atoms with E-state index in [0.29, 0.717) is 28.9 Å². The molecule has 0 fully saturated rings. The molecular formula is C28H29N5O3. The average molecular weight is 484 g/mol. The third-order valence-corrected chi connectivity index (χ3v) is 6.26. The van der Waals surface area contributed by atoms with Crippen LogP contribution in [0.15, 0.2) is 83.9 Å². The van der Waals surface area contributed by atoms with Crippen molar-refractivity contribution in [1.82, 2.24) is 10.2 Å². The number of carbonyl (C=O) groups is 3. The van der Waals surface area contributed by atoms with Crippen LogP contribution in [-0.4, -0.2) is 61.7 Å². The van der Waals surface area contributed by atoms with Crippen LogP contribution in [0.3, 0.4) is 0 Å². The van der Waals surface area contributed by atoms with Crippen molar-refractivity contribution in [3.05, 3.63) is 101 Å². The van der Waals surface area contributed by atoms with Crippen molar-refractivity contribution >= 4 is 29.1 Å². The second kappa shape index (κ2) is 10.5. The van der Waals surface area contributed by atoms with Gasteiger partial charge in [-0.15, -0.1) is 0 Å². The lowest BCUT2D eigenvalue weighted by atomic mass is 9.99. The van der Waals surface area contributed by atoms with Crippen LogP contribution in [0.5, 0.6) is 0 Å². The topological polar surface area (TPSA) is 108 Å². The molecule has 3 amide bonds. The van der Waals surface area contributed by atoms with Crippen molar-refractivity contribution in [2.45, 2.75) is 18.6 Å². The number of hydrogen-bond donors (Lipinski definition) is 2. The number of hydrogen-bond acceptors (Lipinski definition) is 5. The van der Waals surface area contributed by atoms with Crippen LogP contribution >= 0.6 is 0 Å². The average Bonchev–Trinajstić information content (AvgIpc) is 2.98. The molecule has 3 aromatic carbocycles. The highest BCUT2D eigenvalue weighted by Gasteiger charge is 2.33. The predicted molar refractivity (Wildman–Crippen MR) is 140 cm³/mol. The number of rotatable bonds is 7. The first-order chi connectivity index (χ1) is 17.3. The van der Waals surface area contributed by atoms with Gasteiger partial charge in [0.25, 0.3) is 5.91 Å². The Kier molecular flexibility index (Phi) is 7.26. The van der Waals surface area contributed by atoms with E-state index in [1.807, 2.05) is 73.6 Å². The van der Waals surface area contributed by atoms with Gasteiger partial charge in [0.05, 0.1) is 17.4 Å². The fourth-order valence-electron chi connectivity index (χ4n) is 4.22. The van der Waals surface area contributed by atoms with E-state index in [9.17, 15) is 14.4 Å². The maximum Gasteiger partial charge on any atom is 0.272 e. The number of nitrogens with one attached hydrogen (secondary N) is 1. The summed E-state index contributed by atoms with van der Waals surface area (Å²) in [6.07, 6.45) is -0.638. The van der Waals surface area contributed by atoms with Crippen LogP contribution in [0.1, 0.15) is 27.0 Å². The van der Waals surface area contributed by atoms with E-state index in [1.165, 1.54) is 4.90 Å². The number of benzodiazepines with no additional fused rings is 1. The van der Waals surface area contributed by atoms with E-state index in [2.05, 4.69) is 5.32 Å². The Labute approximate surface area is 210 Å². The highest BCUT2D eigenvalue weighted by Crippen LogP contribution is 2.27. The van der Waals surface area contributed by atoms with E-state index in [-0.39, 0.29) is 11.8 Å². The SMILES string of the molecule is CN1C(=O)C(NC(=O)C(Cc2ccccc2)N(C)C)N=C(c2ccc(C(N)=O)cc2)c2ccccc21.